The van der Waals surface area contributed by atoms with E-state index in [4.69, 9.17) is 4.74 Å². The minimum Gasteiger partial charge on any atom is -0.496 e. The molecule has 2 aromatic carbocycles. The predicted octanol–water partition coefficient (Wildman–Crippen LogP) is 4.16. The van der Waals surface area contributed by atoms with Gasteiger partial charge in [-0.15, -0.1) is 0 Å². The largest absolute Gasteiger partial charge is 0.496 e. The zero-order chi connectivity index (χ0) is 14.5. The summed E-state index contributed by atoms with van der Waals surface area (Å²) >= 11 is 0. The van der Waals surface area contributed by atoms with Crippen LogP contribution < -0.4 is 10.1 Å². The zero-order valence-corrected chi connectivity index (χ0v) is 12.7. The molecule has 0 fully saturated rings. The summed E-state index contributed by atoms with van der Waals surface area (Å²) in [6, 6.07) is 15.1. The molecule has 2 rings (SSSR count). The van der Waals surface area contributed by atoms with Crippen LogP contribution in [0.1, 0.15) is 35.2 Å². The highest BCUT2D eigenvalue weighted by atomic mass is 16.5. The first kappa shape index (κ1) is 14.6. The van der Waals surface area contributed by atoms with Gasteiger partial charge in [0.15, 0.2) is 0 Å². The SMILES string of the molecule is COc1ccccc1CNC(C)c1ccc(C)c(C)c1. The Hall–Kier alpha value is -1.80. The summed E-state index contributed by atoms with van der Waals surface area (Å²) in [7, 11) is 1.71. The molecule has 1 unspecified atom stereocenters. The van der Waals surface area contributed by atoms with Crippen molar-refractivity contribution in [1.29, 1.82) is 0 Å². The zero-order valence-electron chi connectivity index (χ0n) is 12.7. The van der Waals surface area contributed by atoms with E-state index in [0.717, 1.165) is 12.3 Å². The van der Waals surface area contributed by atoms with Crippen LogP contribution in [0.3, 0.4) is 0 Å². The second kappa shape index (κ2) is 6.58. The van der Waals surface area contributed by atoms with E-state index in [1.807, 2.05) is 18.2 Å². The van der Waals surface area contributed by atoms with Gasteiger partial charge in [0.25, 0.3) is 0 Å². The Morgan fingerprint density at radius 3 is 2.50 bits per heavy atom. The van der Waals surface area contributed by atoms with Crippen molar-refractivity contribution >= 4 is 0 Å². The third-order valence-electron chi connectivity index (χ3n) is 3.82. The first-order valence-corrected chi connectivity index (χ1v) is 7.04. The average molecular weight is 269 g/mol. The van der Waals surface area contributed by atoms with E-state index >= 15 is 0 Å². The maximum absolute atomic E-state index is 5.38. The smallest absolute Gasteiger partial charge is 0.123 e. The van der Waals surface area contributed by atoms with Crippen LogP contribution in [-0.2, 0) is 6.54 Å². The molecule has 0 aliphatic heterocycles. The molecule has 2 aromatic rings. The van der Waals surface area contributed by atoms with Crippen LogP contribution >= 0.6 is 0 Å². The maximum atomic E-state index is 5.38. The molecule has 1 N–H and O–H groups in total. The molecule has 0 aliphatic carbocycles. The molecule has 0 saturated carbocycles. The standard InChI is InChI=1S/C18H23NO/c1-13-9-10-16(11-14(13)2)15(3)19-12-17-7-5-6-8-18(17)20-4/h5-11,15,19H,12H2,1-4H3. The van der Waals surface area contributed by atoms with Gasteiger partial charge < -0.3 is 10.1 Å². The van der Waals surface area contributed by atoms with Gasteiger partial charge >= 0.3 is 0 Å². The van der Waals surface area contributed by atoms with Gasteiger partial charge in [-0.25, -0.2) is 0 Å². The molecule has 0 aliphatic rings. The number of para-hydroxylation sites is 1. The van der Waals surface area contributed by atoms with E-state index in [0.29, 0.717) is 6.04 Å². The summed E-state index contributed by atoms with van der Waals surface area (Å²) in [5.41, 5.74) is 5.19. The van der Waals surface area contributed by atoms with Crippen LogP contribution in [-0.4, -0.2) is 7.11 Å². The Balaban J connectivity index is 2.04. The lowest BCUT2D eigenvalue weighted by atomic mass is 10.0. The lowest BCUT2D eigenvalue weighted by Crippen LogP contribution is -2.18. The van der Waals surface area contributed by atoms with Crippen molar-refractivity contribution in [3.05, 3.63) is 64.7 Å². The van der Waals surface area contributed by atoms with E-state index in [1.165, 1.54) is 22.3 Å². The van der Waals surface area contributed by atoms with E-state index in [-0.39, 0.29) is 0 Å². The topological polar surface area (TPSA) is 21.3 Å². The Morgan fingerprint density at radius 1 is 1.05 bits per heavy atom. The van der Waals surface area contributed by atoms with E-state index in [1.54, 1.807) is 7.11 Å². The molecule has 20 heavy (non-hydrogen) atoms. The van der Waals surface area contributed by atoms with Crippen molar-refractivity contribution in [1.82, 2.24) is 5.32 Å². The number of methoxy groups -OCH3 is 1. The van der Waals surface area contributed by atoms with Crippen molar-refractivity contribution in [3.63, 3.8) is 0 Å². The van der Waals surface area contributed by atoms with Crippen LogP contribution in [0.15, 0.2) is 42.5 Å². The molecule has 0 aromatic heterocycles. The Kier molecular flexibility index (Phi) is 4.80. The molecule has 0 amide bonds. The van der Waals surface area contributed by atoms with Crippen LogP contribution in [0.5, 0.6) is 5.75 Å². The van der Waals surface area contributed by atoms with Crippen molar-refractivity contribution in [2.45, 2.75) is 33.4 Å². The minimum absolute atomic E-state index is 0.319. The Bertz CT molecular complexity index is 577. The highest BCUT2D eigenvalue weighted by Gasteiger charge is 2.08. The molecule has 2 heteroatoms. The van der Waals surface area contributed by atoms with Gasteiger partial charge in [-0.3, -0.25) is 0 Å². The van der Waals surface area contributed by atoms with Gasteiger partial charge in [0.05, 0.1) is 7.11 Å². The number of aryl methyl sites for hydroxylation is 2. The second-order valence-electron chi connectivity index (χ2n) is 5.26. The van der Waals surface area contributed by atoms with Crippen LogP contribution in [0, 0.1) is 13.8 Å². The van der Waals surface area contributed by atoms with Crippen molar-refractivity contribution < 1.29 is 4.74 Å². The van der Waals surface area contributed by atoms with Crippen molar-refractivity contribution in [2.24, 2.45) is 0 Å². The first-order valence-electron chi connectivity index (χ1n) is 7.04. The van der Waals surface area contributed by atoms with Crippen LogP contribution in [0.4, 0.5) is 0 Å². The predicted molar refractivity (Wildman–Crippen MR) is 84.2 cm³/mol. The number of hydrogen-bond donors (Lipinski definition) is 1. The van der Waals surface area contributed by atoms with Crippen molar-refractivity contribution in [2.75, 3.05) is 7.11 Å². The fraction of sp³-hybridized carbons (Fsp3) is 0.333. The van der Waals surface area contributed by atoms with Gasteiger partial charge in [-0.1, -0.05) is 36.4 Å². The van der Waals surface area contributed by atoms with Gasteiger partial charge in [-0.2, -0.15) is 0 Å². The molecule has 0 heterocycles. The molecule has 1 atom stereocenters. The van der Waals surface area contributed by atoms with Gasteiger partial charge in [-0.05, 0) is 43.5 Å². The third-order valence-corrected chi connectivity index (χ3v) is 3.82. The summed E-state index contributed by atoms with van der Waals surface area (Å²) in [5, 5.41) is 3.56. The fourth-order valence-corrected chi connectivity index (χ4v) is 2.26. The summed E-state index contributed by atoms with van der Waals surface area (Å²) in [4.78, 5) is 0. The lowest BCUT2D eigenvalue weighted by molar-refractivity contribution is 0.406. The summed E-state index contributed by atoms with van der Waals surface area (Å²) in [5.74, 6) is 0.937. The molecular weight excluding hydrogens is 246 g/mol. The Labute approximate surface area is 121 Å². The molecule has 0 saturated heterocycles. The number of hydrogen-bond acceptors (Lipinski definition) is 2. The molecule has 0 radical (unpaired) electrons. The highest BCUT2D eigenvalue weighted by molar-refractivity contribution is 5.34. The quantitative estimate of drug-likeness (QED) is 0.880. The number of nitrogens with one attached hydrogen (secondary N) is 1. The van der Waals surface area contributed by atoms with E-state index < -0.39 is 0 Å². The fourth-order valence-electron chi connectivity index (χ4n) is 2.26. The molecular formula is C18H23NO. The lowest BCUT2D eigenvalue weighted by Gasteiger charge is -2.17. The molecule has 2 nitrogen and oxygen atoms in total. The number of benzene rings is 2. The Morgan fingerprint density at radius 2 is 1.80 bits per heavy atom. The van der Waals surface area contributed by atoms with Crippen LogP contribution in [0.2, 0.25) is 0 Å². The first-order chi connectivity index (χ1) is 9.61. The van der Waals surface area contributed by atoms with Gasteiger partial charge in [0.2, 0.25) is 0 Å². The maximum Gasteiger partial charge on any atom is 0.123 e. The van der Waals surface area contributed by atoms with E-state index in [9.17, 15) is 0 Å². The monoisotopic (exact) mass is 269 g/mol. The summed E-state index contributed by atoms with van der Waals surface area (Å²) < 4.78 is 5.38. The number of ether oxygens (including phenoxy) is 1. The third kappa shape index (κ3) is 3.40. The summed E-state index contributed by atoms with van der Waals surface area (Å²) in [6.07, 6.45) is 0. The highest BCUT2D eigenvalue weighted by Crippen LogP contribution is 2.20. The van der Waals surface area contributed by atoms with Gasteiger partial charge in [0, 0.05) is 18.2 Å². The molecule has 0 spiro atoms. The number of rotatable bonds is 5. The van der Waals surface area contributed by atoms with Crippen LogP contribution in [0.25, 0.3) is 0 Å². The molecule has 0 bridgehead atoms. The van der Waals surface area contributed by atoms with E-state index in [2.05, 4.69) is 50.4 Å². The normalized spacial score (nSPS) is 12.2. The molecule has 106 valence electrons. The average Bonchev–Trinajstić information content (AvgIpc) is 2.47. The minimum atomic E-state index is 0.319. The van der Waals surface area contributed by atoms with Crippen molar-refractivity contribution in [3.8, 4) is 5.75 Å². The second-order valence-corrected chi connectivity index (χ2v) is 5.26. The van der Waals surface area contributed by atoms with Gasteiger partial charge in [0.1, 0.15) is 5.75 Å². The summed E-state index contributed by atoms with van der Waals surface area (Å²) in [6.45, 7) is 7.30.